The molecule has 0 aromatic carbocycles. The van der Waals surface area contributed by atoms with Crippen molar-refractivity contribution in [2.75, 3.05) is 46.6 Å². The van der Waals surface area contributed by atoms with Crippen LogP contribution in [0.5, 0.6) is 0 Å². The third-order valence-corrected chi connectivity index (χ3v) is 4.52. The van der Waals surface area contributed by atoms with Crippen molar-refractivity contribution in [3.63, 3.8) is 0 Å². The number of halogens is 4. The third kappa shape index (κ3) is 11.4. The maximum Gasteiger partial charge on any atom is 0.411 e. The molecule has 0 bridgehead atoms. The second kappa shape index (κ2) is 13.8. The van der Waals surface area contributed by atoms with Crippen LogP contribution in [-0.2, 0) is 9.47 Å². The molecule has 0 aromatic heterocycles. The molecule has 9 heteroatoms. The molecule has 156 valence electrons. The molecule has 0 amide bonds. The second-order valence-electron chi connectivity index (χ2n) is 6.53. The Labute approximate surface area is 171 Å². The van der Waals surface area contributed by atoms with Crippen LogP contribution in [0.25, 0.3) is 0 Å². The fourth-order valence-corrected chi connectivity index (χ4v) is 3.13. The van der Waals surface area contributed by atoms with Gasteiger partial charge in [-0.05, 0) is 38.0 Å². The van der Waals surface area contributed by atoms with E-state index >= 15 is 0 Å². The van der Waals surface area contributed by atoms with Gasteiger partial charge in [-0.2, -0.15) is 13.2 Å². The molecule has 0 spiro atoms. The molecule has 1 saturated carbocycles. The lowest BCUT2D eigenvalue weighted by molar-refractivity contribution is -0.173. The second-order valence-corrected chi connectivity index (χ2v) is 6.53. The molecule has 0 saturated heterocycles. The van der Waals surface area contributed by atoms with Crippen molar-refractivity contribution in [3.05, 3.63) is 0 Å². The van der Waals surface area contributed by atoms with Crippen molar-refractivity contribution in [1.29, 1.82) is 0 Å². The minimum absolute atomic E-state index is 0. The molecule has 2 N–H and O–H groups in total. The minimum Gasteiger partial charge on any atom is -0.382 e. The first-order chi connectivity index (χ1) is 11.9. The Morgan fingerprint density at radius 2 is 1.81 bits per heavy atom. The number of nitrogens with zero attached hydrogens (tertiary/aromatic N) is 1. The molecule has 0 radical (unpaired) electrons. The Morgan fingerprint density at radius 3 is 2.38 bits per heavy atom. The summed E-state index contributed by atoms with van der Waals surface area (Å²) in [6.45, 7) is 3.76. The summed E-state index contributed by atoms with van der Waals surface area (Å²) in [5.41, 5.74) is 0.253. The number of nitrogens with one attached hydrogen (secondary N) is 2. The van der Waals surface area contributed by atoms with E-state index in [4.69, 9.17) is 4.74 Å². The van der Waals surface area contributed by atoms with E-state index in [1.54, 1.807) is 7.05 Å². The van der Waals surface area contributed by atoms with Gasteiger partial charge in [0.25, 0.3) is 0 Å². The van der Waals surface area contributed by atoms with Gasteiger partial charge < -0.3 is 20.1 Å². The van der Waals surface area contributed by atoms with Gasteiger partial charge in [0, 0.05) is 40.0 Å². The first-order valence-corrected chi connectivity index (χ1v) is 9.07. The molecule has 0 aromatic rings. The van der Waals surface area contributed by atoms with E-state index in [2.05, 4.69) is 20.4 Å². The van der Waals surface area contributed by atoms with Crippen molar-refractivity contribution in [1.82, 2.24) is 10.6 Å². The predicted octanol–water partition coefficient (Wildman–Crippen LogP) is 3.73. The summed E-state index contributed by atoms with van der Waals surface area (Å²) < 4.78 is 46.0. The molecule has 1 aliphatic carbocycles. The van der Waals surface area contributed by atoms with Crippen molar-refractivity contribution in [2.24, 2.45) is 10.4 Å². The summed E-state index contributed by atoms with van der Waals surface area (Å²) in [7, 11) is 1.69. The predicted molar refractivity (Wildman–Crippen MR) is 108 cm³/mol. The molecule has 5 nitrogen and oxygen atoms in total. The van der Waals surface area contributed by atoms with E-state index < -0.39 is 12.8 Å². The van der Waals surface area contributed by atoms with Gasteiger partial charge >= 0.3 is 6.18 Å². The van der Waals surface area contributed by atoms with Crippen LogP contribution in [0.4, 0.5) is 13.2 Å². The van der Waals surface area contributed by atoms with E-state index in [1.165, 1.54) is 25.7 Å². The van der Waals surface area contributed by atoms with Crippen molar-refractivity contribution >= 4 is 29.9 Å². The average molecular weight is 495 g/mol. The van der Waals surface area contributed by atoms with E-state index in [9.17, 15) is 13.2 Å². The van der Waals surface area contributed by atoms with Crippen molar-refractivity contribution < 1.29 is 22.6 Å². The summed E-state index contributed by atoms with van der Waals surface area (Å²) in [5, 5.41) is 6.48. The Balaban J connectivity index is 0.00000625. The largest absolute Gasteiger partial charge is 0.411 e. The molecule has 26 heavy (non-hydrogen) atoms. The van der Waals surface area contributed by atoms with Crippen LogP contribution in [0, 0.1) is 5.41 Å². The fourth-order valence-electron chi connectivity index (χ4n) is 3.13. The van der Waals surface area contributed by atoms with Crippen LogP contribution >= 0.6 is 24.0 Å². The van der Waals surface area contributed by atoms with Gasteiger partial charge in [0.15, 0.2) is 5.96 Å². The summed E-state index contributed by atoms with van der Waals surface area (Å²) in [4.78, 5) is 4.18. The lowest BCUT2D eigenvalue weighted by Gasteiger charge is -2.30. The quantitative estimate of drug-likeness (QED) is 0.199. The van der Waals surface area contributed by atoms with E-state index in [1.807, 2.05) is 6.92 Å². The highest BCUT2D eigenvalue weighted by Crippen LogP contribution is 2.40. The number of rotatable bonds is 11. The highest BCUT2D eigenvalue weighted by atomic mass is 127. The molecule has 0 unspecified atom stereocenters. The first-order valence-electron chi connectivity index (χ1n) is 9.07. The lowest BCUT2D eigenvalue weighted by atomic mass is 9.83. The van der Waals surface area contributed by atoms with Gasteiger partial charge in [-0.25, -0.2) is 0 Å². The lowest BCUT2D eigenvalue weighted by Crippen LogP contribution is -2.43. The maximum atomic E-state index is 12.0. The zero-order valence-corrected chi connectivity index (χ0v) is 18.1. The van der Waals surface area contributed by atoms with Gasteiger partial charge in [-0.3, -0.25) is 4.99 Å². The number of guanidine groups is 1. The third-order valence-electron chi connectivity index (χ3n) is 4.52. The zero-order chi connectivity index (χ0) is 18.6. The minimum atomic E-state index is -4.26. The molecular formula is C17H33F3IN3O2. The Morgan fingerprint density at radius 1 is 1.12 bits per heavy atom. The van der Waals surface area contributed by atoms with Crippen LogP contribution in [0.3, 0.4) is 0 Å². The van der Waals surface area contributed by atoms with Gasteiger partial charge in [0.1, 0.15) is 6.61 Å². The molecule has 1 rings (SSSR count). The number of hydrogen-bond donors (Lipinski definition) is 2. The van der Waals surface area contributed by atoms with Crippen LogP contribution in [-0.4, -0.2) is 58.7 Å². The molecular weight excluding hydrogens is 462 g/mol. The van der Waals surface area contributed by atoms with E-state index in [-0.39, 0.29) is 36.0 Å². The maximum absolute atomic E-state index is 12.0. The van der Waals surface area contributed by atoms with Crippen LogP contribution < -0.4 is 10.6 Å². The van der Waals surface area contributed by atoms with Gasteiger partial charge in [-0.1, -0.05) is 12.8 Å². The molecule has 0 aliphatic heterocycles. The smallest absolute Gasteiger partial charge is 0.382 e. The normalized spacial score (nSPS) is 17.0. The SMILES string of the molecule is CCOCCC1(CNC(=NC)NCCCOCC(F)(F)F)CCCC1.I. The summed E-state index contributed by atoms with van der Waals surface area (Å²) in [6.07, 6.45) is 2.14. The highest BCUT2D eigenvalue weighted by molar-refractivity contribution is 14.0. The topological polar surface area (TPSA) is 54.9 Å². The number of alkyl halides is 3. The Kier molecular flexibility index (Phi) is 13.7. The van der Waals surface area contributed by atoms with Crippen LogP contribution in [0.1, 0.15) is 45.4 Å². The van der Waals surface area contributed by atoms with E-state index in [0.717, 1.165) is 26.2 Å². The standard InChI is InChI=1S/C17H32F3N3O2.HI/c1-3-24-12-9-16(7-4-5-8-16)13-23-15(21-2)22-10-6-11-25-14-17(18,19)20;/h3-14H2,1-2H3,(H2,21,22,23);1H. The summed E-state index contributed by atoms with van der Waals surface area (Å²) >= 11 is 0. The van der Waals surface area contributed by atoms with Crippen molar-refractivity contribution in [2.45, 2.75) is 51.6 Å². The number of aliphatic imine (C=N–C) groups is 1. The number of hydrogen-bond acceptors (Lipinski definition) is 3. The first kappa shape index (κ1) is 25.7. The fraction of sp³-hybridized carbons (Fsp3) is 0.941. The Hall–Kier alpha value is -0.290. The average Bonchev–Trinajstić information content (AvgIpc) is 3.02. The van der Waals surface area contributed by atoms with Gasteiger partial charge in [-0.15, -0.1) is 24.0 Å². The molecule has 0 heterocycles. The number of ether oxygens (including phenoxy) is 2. The highest BCUT2D eigenvalue weighted by Gasteiger charge is 2.33. The van der Waals surface area contributed by atoms with Gasteiger partial charge in [0.05, 0.1) is 0 Å². The van der Waals surface area contributed by atoms with Crippen LogP contribution in [0.2, 0.25) is 0 Å². The van der Waals surface area contributed by atoms with Crippen LogP contribution in [0.15, 0.2) is 4.99 Å². The monoisotopic (exact) mass is 495 g/mol. The molecule has 1 fully saturated rings. The molecule has 1 aliphatic rings. The Bertz CT molecular complexity index is 390. The van der Waals surface area contributed by atoms with E-state index in [0.29, 0.717) is 18.9 Å². The zero-order valence-electron chi connectivity index (χ0n) is 15.8. The van der Waals surface area contributed by atoms with Gasteiger partial charge in [0.2, 0.25) is 0 Å². The molecule has 0 atom stereocenters. The summed E-state index contributed by atoms with van der Waals surface area (Å²) in [5.74, 6) is 0.679. The summed E-state index contributed by atoms with van der Waals surface area (Å²) in [6, 6.07) is 0. The van der Waals surface area contributed by atoms with Crippen molar-refractivity contribution in [3.8, 4) is 0 Å².